The van der Waals surface area contributed by atoms with Crippen LogP contribution in [0.15, 0.2) is 102 Å². The molecule has 0 saturated heterocycles. The summed E-state index contributed by atoms with van der Waals surface area (Å²) < 4.78 is 1.54. The van der Waals surface area contributed by atoms with Crippen molar-refractivity contribution < 1.29 is 0 Å². The van der Waals surface area contributed by atoms with Crippen molar-refractivity contribution in [1.82, 2.24) is 19.7 Å². The third-order valence-electron chi connectivity index (χ3n) is 6.02. The molecule has 6 aromatic rings. The van der Waals surface area contributed by atoms with Crippen molar-refractivity contribution in [3.63, 3.8) is 0 Å². The smallest absolute Gasteiger partial charge is 0.267 e. The molecule has 0 fully saturated rings. The fourth-order valence-corrected chi connectivity index (χ4v) is 4.32. The molecule has 3 aromatic carbocycles. The predicted molar refractivity (Wildman–Crippen MR) is 132 cm³/mol. The quantitative estimate of drug-likeness (QED) is 0.377. The van der Waals surface area contributed by atoms with Crippen LogP contribution in [0.1, 0.15) is 5.69 Å². The number of para-hydroxylation sites is 2. The maximum atomic E-state index is 13.5. The van der Waals surface area contributed by atoms with Crippen molar-refractivity contribution in [3.8, 4) is 11.1 Å². The summed E-state index contributed by atoms with van der Waals surface area (Å²) in [5.41, 5.74) is 4.52. The minimum Gasteiger partial charge on any atom is -0.267 e. The zero-order valence-corrected chi connectivity index (χ0v) is 17.8. The normalized spacial score (nSPS) is 11.4. The fourth-order valence-electron chi connectivity index (χ4n) is 4.32. The van der Waals surface area contributed by atoms with Gasteiger partial charge in [-0.3, -0.25) is 14.8 Å². The Kier molecular flexibility index (Phi) is 4.65. The predicted octanol–water partition coefficient (Wildman–Crippen LogP) is 5.40. The van der Waals surface area contributed by atoms with Gasteiger partial charge in [0.2, 0.25) is 0 Å². The number of aromatic nitrogens is 4. The van der Waals surface area contributed by atoms with Gasteiger partial charge >= 0.3 is 0 Å². The molecule has 0 radical (unpaired) electrons. The highest BCUT2D eigenvalue weighted by atomic mass is 16.1. The Morgan fingerprint density at radius 3 is 2.42 bits per heavy atom. The molecule has 3 aromatic heterocycles. The van der Waals surface area contributed by atoms with Gasteiger partial charge in [0.1, 0.15) is 0 Å². The van der Waals surface area contributed by atoms with Crippen molar-refractivity contribution in [2.24, 2.45) is 0 Å². The molecule has 0 atom stereocenters. The number of hydrogen-bond acceptors (Lipinski definition) is 4. The van der Waals surface area contributed by atoms with Gasteiger partial charge in [-0.15, -0.1) is 0 Å². The summed E-state index contributed by atoms with van der Waals surface area (Å²) >= 11 is 0. The lowest BCUT2D eigenvalue weighted by Gasteiger charge is -2.10. The first-order valence-corrected chi connectivity index (χ1v) is 10.9. The van der Waals surface area contributed by atoms with Crippen molar-refractivity contribution >= 4 is 32.6 Å². The fraction of sp³-hybridized carbons (Fsp3) is 0.0714. The van der Waals surface area contributed by atoms with E-state index < -0.39 is 0 Å². The van der Waals surface area contributed by atoms with Crippen LogP contribution in [0.25, 0.3) is 43.7 Å². The molecule has 0 spiro atoms. The molecule has 5 nitrogen and oxygen atoms in total. The Morgan fingerprint density at radius 2 is 1.52 bits per heavy atom. The van der Waals surface area contributed by atoms with E-state index in [1.807, 2.05) is 79.0 Å². The van der Waals surface area contributed by atoms with Gasteiger partial charge in [-0.05, 0) is 29.8 Å². The average molecular weight is 428 g/mol. The molecule has 0 saturated carbocycles. The lowest BCUT2D eigenvalue weighted by molar-refractivity contribution is 0.580. The Balaban J connectivity index is 1.39. The molecule has 6 rings (SSSR count). The van der Waals surface area contributed by atoms with Gasteiger partial charge in [0.25, 0.3) is 5.56 Å². The molecular formula is C28H20N4O. The lowest BCUT2D eigenvalue weighted by Crippen LogP contribution is -2.24. The van der Waals surface area contributed by atoms with E-state index in [2.05, 4.69) is 22.2 Å². The summed E-state index contributed by atoms with van der Waals surface area (Å²) in [6.45, 7) is 0.463. The van der Waals surface area contributed by atoms with Crippen LogP contribution in [0, 0.1) is 0 Å². The van der Waals surface area contributed by atoms with Gasteiger partial charge in [-0.1, -0.05) is 60.7 Å². The number of nitrogens with zero attached hydrogens (tertiary/aromatic N) is 4. The molecule has 3 heterocycles. The van der Waals surface area contributed by atoms with Gasteiger partial charge in [0.05, 0.1) is 29.2 Å². The highest BCUT2D eigenvalue weighted by Crippen LogP contribution is 2.27. The average Bonchev–Trinajstić information content (AvgIpc) is 2.87. The van der Waals surface area contributed by atoms with E-state index in [-0.39, 0.29) is 5.56 Å². The highest BCUT2D eigenvalue weighted by Gasteiger charge is 2.12. The molecule has 0 amide bonds. The minimum atomic E-state index is -0.1000. The van der Waals surface area contributed by atoms with E-state index in [4.69, 9.17) is 4.98 Å². The van der Waals surface area contributed by atoms with Crippen LogP contribution in [0.2, 0.25) is 0 Å². The van der Waals surface area contributed by atoms with Crippen LogP contribution in [0.4, 0.5) is 0 Å². The largest absolute Gasteiger partial charge is 0.275 e. The van der Waals surface area contributed by atoms with Crippen LogP contribution in [-0.2, 0) is 13.0 Å². The Bertz CT molecular complexity index is 1700. The number of pyridine rings is 2. The summed E-state index contributed by atoms with van der Waals surface area (Å²) in [4.78, 5) is 22.8. The van der Waals surface area contributed by atoms with Crippen LogP contribution >= 0.6 is 0 Å². The summed E-state index contributed by atoms with van der Waals surface area (Å²) in [6.07, 6.45) is 4.23. The Morgan fingerprint density at radius 1 is 0.727 bits per heavy atom. The molecule has 0 N–H and O–H groups in total. The minimum absolute atomic E-state index is 0.1000. The highest BCUT2D eigenvalue weighted by molar-refractivity contribution is 5.97. The number of aryl methyl sites for hydroxylation is 2. The summed E-state index contributed by atoms with van der Waals surface area (Å²) in [5.74, 6) is 0. The Hall–Kier alpha value is -4.38. The third-order valence-corrected chi connectivity index (χ3v) is 6.02. The van der Waals surface area contributed by atoms with E-state index in [1.54, 1.807) is 6.20 Å². The second kappa shape index (κ2) is 7.95. The van der Waals surface area contributed by atoms with Gasteiger partial charge < -0.3 is 0 Å². The first kappa shape index (κ1) is 19.3. The van der Waals surface area contributed by atoms with Crippen LogP contribution in [0.5, 0.6) is 0 Å². The summed E-state index contributed by atoms with van der Waals surface area (Å²) in [5, 5.41) is 8.07. The molecule has 158 valence electrons. The van der Waals surface area contributed by atoms with E-state index in [9.17, 15) is 4.79 Å². The van der Waals surface area contributed by atoms with Crippen LogP contribution in [0.3, 0.4) is 0 Å². The second-order valence-electron chi connectivity index (χ2n) is 8.10. The van der Waals surface area contributed by atoms with Crippen molar-refractivity contribution in [1.29, 1.82) is 0 Å². The van der Waals surface area contributed by atoms with Crippen LogP contribution in [-0.4, -0.2) is 19.7 Å². The first-order chi connectivity index (χ1) is 16.3. The number of fused-ring (bicyclic) bond motifs is 3. The molecule has 0 unspecified atom stereocenters. The second-order valence-corrected chi connectivity index (χ2v) is 8.10. The van der Waals surface area contributed by atoms with E-state index in [1.165, 1.54) is 4.68 Å². The van der Waals surface area contributed by atoms with Crippen molar-refractivity contribution in [2.45, 2.75) is 13.0 Å². The van der Waals surface area contributed by atoms with Gasteiger partial charge in [0.15, 0.2) is 0 Å². The molecule has 0 aliphatic rings. The first-order valence-electron chi connectivity index (χ1n) is 10.9. The summed E-state index contributed by atoms with van der Waals surface area (Å²) in [7, 11) is 0. The maximum absolute atomic E-state index is 13.5. The standard InChI is InChI=1S/C28H20N4O/c33-28-27-21(8-5-9-24(27)22-16-20-7-2-3-10-25(20)29-17-22)18-30-32(28)15-14-23-13-12-19-6-1-4-11-26(19)31-23/h1-13,16-18H,14-15H2. The zero-order valence-electron chi connectivity index (χ0n) is 17.8. The van der Waals surface area contributed by atoms with E-state index in [0.717, 1.165) is 44.0 Å². The monoisotopic (exact) mass is 428 g/mol. The topological polar surface area (TPSA) is 60.7 Å². The Labute approximate surface area is 190 Å². The molecule has 0 aliphatic carbocycles. The zero-order chi connectivity index (χ0) is 22.2. The third kappa shape index (κ3) is 3.53. The SMILES string of the molecule is O=c1c2c(-c3cnc4ccccc4c3)cccc2cnn1CCc1ccc2ccccc2n1. The van der Waals surface area contributed by atoms with Gasteiger partial charge in [0, 0.05) is 40.0 Å². The summed E-state index contributed by atoms with van der Waals surface area (Å²) in [6, 6.07) is 28.1. The molecule has 33 heavy (non-hydrogen) atoms. The van der Waals surface area contributed by atoms with Crippen LogP contribution < -0.4 is 5.56 Å². The number of benzene rings is 3. The van der Waals surface area contributed by atoms with Crippen molar-refractivity contribution in [2.75, 3.05) is 0 Å². The van der Waals surface area contributed by atoms with Gasteiger partial charge in [-0.2, -0.15) is 5.10 Å². The maximum Gasteiger partial charge on any atom is 0.275 e. The van der Waals surface area contributed by atoms with Crippen molar-refractivity contribution in [3.05, 3.63) is 113 Å². The molecule has 0 bridgehead atoms. The molecular weight excluding hydrogens is 408 g/mol. The lowest BCUT2D eigenvalue weighted by atomic mass is 10.00. The van der Waals surface area contributed by atoms with E-state index >= 15 is 0 Å². The number of rotatable bonds is 4. The van der Waals surface area contributed by atoms with E-state index in [0.29, 0.717) is 18.4 Å². The number of hydrogen-bond donors (Lipinski definition) is 0. The molecule has 5 heteroatoms. The molecule has 0 aliphatic heterocycles. The van der Waals surface area contributed by atoms with Gasteiger partial charge in [-0.25, -0.2) is 4.68 Å².